The van der Waals surface area contributed by atoms with Gasteiger partial charge in [0.15, 0.2) is 0 Å². The monoisotopic (exact) mass is 374 g/mol. The van der Waals surface area contributed by atoms with E-state index in [0.29, 0.717) is 0 Å². The quantitative estimate of drug-likeness (QED) is 0.361. The van der Waals surface area contributed by atoms with Gasteiger partial charge in [-0.2, -0.15) is 0 Å². The fourth-order valence-corrected chi connectivity index (χ4v) is 2.64. The molecule has 0 aromatic heterocycles. The van der Waals surface area contributed by atoms with Crippen LogP contribution in [0.1, 0.15) is 5.56 Å². The second-order valence-corrected chi connectivity index (χ2v) is 6.20. The molecule has 3 aromatic carbocycles. The molecule has 0 aliphatic heterocycles. The minimum atomic E-state index is -0.908. The van der Waals surface area contributed by atoms with Crippen molar-refractivity contribution in [1.29, 1.82) is 0 Å². The first-order valence-electron chi connectivity index (χ1n) is 8.98. The van der Waals surface area contributed by atoms with E-state index in [0.717, 1.165) is 16.9 Å². The molecule has 6 nitrogen and oxygen atoms in total. The number of carbonyl (C=O) groups is 2. The number of hydrogen-bond acceptors (Lipinski definition) is 4. The Labute approximate surface area is 163 Å². The smallest absolute Gasteiger partial charge is 0.251 e. The molecule has 142 valence electrons. The van der Waals surface area contributed by atoms with E-state index in [1.54, 1.807) is 0 Å². The van der Waals surface area contributed by atoms with Crippen molar-refractivity contribution in [2.24, 2.45) is 5.92 Å². The summed E-state index contributed by atoms with van der Waals surface area (Å²) in [4.78, 5) is 25.4. The number of amides is 2. The van der Waals surface area contributed by atoms with Gasteiger partial charge >= 0.3 is 0 Å². The lowest BCUT2D eigenvalue weighted by Gasteiger charge is -2.18. The third-order valence-electron chi connectivity index (χ3n) is 4.12. The summed E-state index contributed by atoms with van der Waals surface area (Å²) in [6, 6.07) is 27.9. The number of anilines is 2. The van der Waals surface area contributed by atoms with Crippen LogP contribution in [0.3, 0.4) is 0 Å². The summed E-state index contributed by atoms with van der Waals surface area (Å²) in [5, 5.41) is 0. The lowest BCUT2D eigenvalue weighted by Crippen LogP contribution is -2.45. The number of benzene rings is 3. The average molecular weight is 374 g/mol. The number of hydrazine groups is 2. The zero-order valence-electron chi connectivity index (χ0n) is 15.3. The zero-order valence-corrected chi connectivity index (χ0v) is 15.3. The minimum Gasteiger partial charge on any atom is -0.299 e. The average Bonchev–Trinajstić information content (AvgIpc) is 2.76. The third kappa shape index (κ3) is 5.60. The van der Waals surface area contributed by atoms with E-state index in [4.69, 9.17) is 0 Å². The molecular weight excluding hydrogens is 352 g/mol. The van der Waals surface area contributed by atoms with Crippen LogP contribution < -0.4 is 21.7 Å². The highest BCUT2D eigenvalue weighted by molar-refractivity contribution is 6.01. The molecule has 0 unspecified atom stereocenters. The molecule has 0 aliphatic carbocycles. The van der Waals surface area contributed by atoms with Crippen LogP contribution in [0.25, 0.3) is 0 Å². The molecule has 0 bridgehead atoms. The Kier molecular flexibility index (Phi) is 6.62. The molecule has 0 radical (unpaired) electrons. The van der Waals surface area contributed by atoms with Gasteiger partial charge in [-0.25, -0.2) is 0 Å². The van der Waals surface area contributed by atoms with Gasteiger partial charge in [-0.3, -0.25) is 31.3 Å². The third-order valence-corrected chi connectivity index (χ3v) is 4.12. The van der Waals surface area contributed by atoms with Gasteiger partial charge in [0.05, 0.1) is 11.4 Å². The maximum absolute atomic E-state index is 12.7. The molecule has 0 saturated carbocycles. The number of rotatable bonds is 8. The summed E-state index contributed by atoms with van der Waals surface area (Å²) in [6.07, 6.45) is 0.283. The van der Waals surface area contributed by atoms with Crippen LogP contribution in [-0.4, -0.2) is 11.8 Å². The summed E-state index contributed by atoms with van der Waals surface area (Å²) in [7, 11) is 0. The second kappa shape index (κ2) is 9.78. The van der Waals surface area contributed by atoms with E-state index in [1.807, 2.05) is 91.0 Å². The first kappa shape index (κ1) is 19.0. The fraction of sp³-hybridized carbons (Fsp3) is 0.0909. The van der Waals surface area contributed by atoms with Crippen molar-refractivity contribution in [3.8, 4) is 0 Å². The SMILES string of the molecule is O=C(NNc1ccccc1)C(Cc1ccccc1)C(=O)NNc1ccccc1. The van der Waals surface area contributed by atoms with E-state index >= 15 is 0 Å². The molecule has 0 spiro atoms. The van der Waals surface area contributed by atoms with Crippen LogP contribution in [-0.2, 0) is 16.0 Å². The highest BCUT2D eigenvalue weighted by Crippen LogP contribution is 2.11. The molecule has 0 saturated heterocycles. The lowest BCUT2D eigenvalue weighted by molar-refractivity contribution is -0.134. The van der Waals surface area contributed by atoms with Crippen molar-refractivity contribution < 1.29 is 9.59 Å². The summed E-state index contributed by atoms with van der Waals surface area (Å²) in [5.74, 6) is -1.74. The summed E-state index contributed by atoms with van der Waals surface area (Å²) >= 11 is 0. The van der Waals surface area contributed by atoms with Crippen LogP contribution in [0.2, 0.25) is 0 Å². The van der Waals surface area contributed by atoms with Gasteiger partial charge in [-0.1, -0.05) is 66.7 Å². The predicted molar refractivity (Wildman–Crippen MR) is 110 cm³/mol. The number of carbonyl (C=O) groups excluding carboxylic acids is 2. The maximum atomic E-state index is 12.7. The molecule has 2 amide bonds. The topological polar surface area (TPSA) is 82.3 Å². The first-order chi connectivity index (χ1) is 13.7. The fourth-order valence-electron chi connectivity index (χ4n) is 2.64. The number of para-hydroxylation sites is 2. The molecule has 28 heavy (non-hydrogen) atoms. The van der Waals surface area contributed by atoms with Crippen LogP contribution in [0.4, 0.5) is 11.4 Å². The summed E-state index contributed by atoms with van der Waals surface area (Å²) in [6.45, 7) is 0. The van der Waals surface area contributed by atoms with Crippen molar-refractivity contribution in [2.45, 2.75) is 6.42 Å². The van der Waals surface area contributed by atoms with Crippen molar-refractivity contribution >= 4 is 23.2 Å². The van der Waals surface area contributed by atoms with E-state index in [2.05, 4.69) is 21.7 Å². The Morgan fingerprint density at radius 2 is 1.00 bits per heavy atom. The Morgan fingerprint density at radius 3 is 1.43 bits per heavy atom. The number of nitrogens with one attached hydrogen (secondary N) is 4. The molecule has 3 aromatic rings. The predicted octanol–water partition coefficient (Wildman–Crippen LogP) is 3.13. The molecule has 0 atom stereocenters. The Hall–Kier alpha value is -3.80. The molecular formula is C22H22N4O2. The van der Waals surface area contributed by atoms with Crippen LogP contribution >= 0.6 is 0 Å². The van der Waals surface area contributed by atoms with Gasteiger partial charge in [-0.15, -0.1) is 0 Å². The molecule has 6 heteroatoms. The molecule has 4 N–H and O–H groups in total. The van der Waals surface area contributed by atoms with Crippen LogP contribution in [0, 0.1) is 5.92 Å². The second-order valence-electron chi connectivity index (χ2n) is 6.20. The normalized spacial score (nSPS) is 10.2. The maximum Gasteiger partial charge on any atom is 0.251 e. The largest absolute Gasteiger partial charge is 0.299 e. The van der Waals surface area contributed by atoms with Gasteiger partial charge in [0.25, 0.3) is 11.8 Å². The molecule has 3 rings (SSSR count). The van der Waals surface area contributed by atoms with E-state index in [1.165, 1.54) is 0 Å². The summed E-state index contributed by atoms with van der Waals surface area (Å²) in [5.41, 5.74) is 13.3. The molecule has 0 heterocycles. The highest BCUT2D eigenvalue weighted by atomic mass is 16.2. The Balaban J connectivity index is 1.66. The van der Waals surface area contributed by atoms with E-state index in [-0.39, 0.29) is 6.42 Å². The van der Waals surface area contributed by atoms with Gasteiger partial charge in [0.1, 0.15) is 5.92 Å². The standard InChI is InChI=1S/C22H22N4O2/c27-21(25-23-18-12-6-2-7-13-18)20(16-17-10-4-1-5-11-17)22(28)26-24-19-14-8-3-9-15-19/h1-15,20,23-24H,16H2,(H,25,27)(H,26,28). The van der Waals surface area contributed by atoms with Gasteiger partial charge in [0.2, 0.25) is 0 Å². The summed E-state index contributed by atoms with van der Waals surface area (Å²) < 4.78 is 0. The Morgan fingerprint density at radius 1 is 0.607 bits per heavy atom. The van der Waals surface area contributed by atoms with Crippen molar-refractivity contribution in [3.63, 3.8) is 0 Å². The van der Waals surface area contributed by atoms with Crippen molar-refractivity contribution in [1.82, 2.24) is 10.9 Å². The van der Waals surface area contributed by atoms with Gasteiger partial charge < -0.3 is 0 Å². The van der Waals surface area contributed by atoms with Crippen LogP contribution in [0.15, 0.2) is 91.0 Å². The molecule has 0 aliphatic rings. The molecule has 0 fully saturated rings. The zero-order chi connectivity index (χ0) is 19.6. The Bertz CT molecular complexity index is 831. The van der Waals surface area contributed by atoms with Crippen molar-refractivity contribution in [2.75, 3.05) is 10.9 Å². The highest BCUT2D eigenvalue weighted by Gasteiger charge is 2.27. The first-order valence-corrected chi connectivity index (χ1v) is 8.98. The minimum absolute atomic E-state index is 0.283. The van der Waals surface area contributed by atoms with Crippen molar-refractivity contribution in [3.05, 3.63) is 96.6 Å². The van der Waals surface area contributed by atoms with Gasteiger partial charge in [-0.05, 0) is 36.2 Å². The van der Waals surface area contributed by atoms with Gasteiger partial charge in [0, 0.05) is 0 Å². The lowest BCUT2D eigenvalue weighted by atomic mass is 9.98. The van der Waals surface area contributed by atoms with E-state index in [9.17, 15) is 9.59 Å². The van der Waals surface area contributed by atoms with E-state index < -0.39 is 17.7 Å². The van der Waals surface area contributed by atoms with Crippen LogP contribution in [0.5, 0.6) is 0 Å². The number of hydrogen-bond donors (Lipinski definition) is 4.